The minimum absolute atomic E-state index is 0.0258. The van der Waals surface area contributed by atoms with Gasteiger partial charge < -0.3 is 15.0 Å². The Labute approximate surface area is 148 Å². The number of carbonyl (C=O) groups excluding carboxylic acids is 1. The number of hydrogen-bond acceptors (Lipinski definition) is 4. The number of halogens is 1. The Morgan fingerprint density at radius 2 is 1.91 bits per heavy atom. The molecule has 1 atom stereocenters. The van der Waals surface area contributed by atoms with Gasteiger partial charge in [0.15, 0.2) is 0 Å². The summed E-state index contributed by atoms with van der Waals surface area (Å²) < 4.78 is 6.34. The van der Waals surface area contributed by atoms with Crippen LogP contribution in [0.5, 0.6) is 0 Å². The molecule has 1 aliphatic rings. The van der Waals surface area contributed by atoms with Crippen LogP contribution in [0.15, 0.2) is 40.2 Å². The van der Waals surface area contributed by atoms with Crippen LogP contribution in [0, 0.1) is 0 Å². The summed E-state index contributed by atoms with van der Waals surface area (Å²) >= 11 is 4.82. The maximum absolute atomic E-state index is 12.2. The molecule has 1 fully saturated rings. The molecule has 6 heteroatoms. The zero-order valence-corrected chi connectivity index (χ0v) is 15.3. The Bertz CT molecular complexity index is 665. The van der Waals surface area contributed by atoms with E-state index in [1.807, 2.05) is 19.1 Å². The minimum Gasteiger partial charge on any atom is -0.378 e. The molecule has 1 aliphatic heterocycles. The monoisotopic (exact) mass is 394 g/mol. The first-order valence-corrected chi connectivity index (χ1v) is 9.23. The molecule has 1 aromatic heterocycles. The molecule has 0 radical (unpaired) electrons. The Hall–Kier alpha value is -1.37. The Morgan fingerprint density at radius 3 is 2.52 bits per heavy atom. The maximum Gasteiger partial charge on any atom is 0.261 e. The van der Waals surface area contributed by atoms with Crippen LogP contribution in [0.4, 0.5) is 5.69 Å². The highest BCUT2D eigenvalue weighted by Crippen LogP contribution is 2.24. The molecule has 1 aromatic carbocycles. The molecule has 3 rings (SSSR count). The molecule has 1 N–H and O–H groups in total. The molecule has 4 nitrogen and oxygen atoms in total. The smallest absolute Gasteiger partial charge is 0.261 e. The number of hydrogen-bond donors (Lipinski definition) is 1. The molecular formula is C17H19BrN2O2S. The molecule has 1 saturated heterocycles. The molecule has 0 bridgehead atoms. The van der Waals surface area contributed by atoms with E-state index in [1.54, 1.807) is 0 Å². The van der Waals surface area contributed by atoms with E-state index in [9.17, 15) is 4.79 Å². The van der Waals surface area contributed by atoms with Crippen molar-refractivity contribution in [3.63, 3.8) is 0 Å². The predicted molar refractivity (Wildman–Crippen MR) is 97.4 cm³/mol. The van der Waals surface area contributed by atoms with E-state index in [0.717, 1.165) is 35.7 Å². The van der Waals surface area contributed by atoms with Crippen molar-refractivity contribution in [1.29, 1.82) is 0 Å². The van der Waals surface area contributed by atoms with Crippen LogP contribution in [0.3, 0.4) is 0 Å². The summed E-state index contributed by atoms with van der Waals surface area (Å²) in [4.78, 5) is 15.2. The highest BCUT2D eigenvalue weighted by Gasteiger charge is 2.15. The molecule has 0 saturated carbocycles. The Morgan fingerprint density at radius 1 is 1.22 bits per heavy atom. The number of ether oxygens (including phenoxy) is 1. The summed E-state index contributed by atoms with van der Waals surface area (Å²) in [6.07, 6.45) is 0. The van der Waals surface area contributed by atoms with E-state index < -0.39 is 0 Å². The summed E-state index contributed by atoms with van der Waals surface area (Å²) in [5.74, 6) is -0.0366. The lowest BCUT2D eigenvalue weighted by atomic mass is 10.1. The Balaban J connectivity index is 1.63. The fourth-order valence-corrected chi connectivity index (χ4v) is 3.87. The normalized spacial score (nSPS) is 16.2. The van der Waals surface area contributed by atoms with E-state index in [0.29, 0.717) is 4.88 Å². The van der Waals surface area contributed by atoms with Crippen LogP contribution in [0.1, 0.15) is 28.2 Å². The molecule has 0 aliphatic carbocycles. The number of rotatable bonds is 4. The second kappa shape index (κ2) is 7.47. The fraction of sp³-hybridized carbons (Fsp3) is 0.353. The number of nitrogens with zero attached hydrogens (tertiary/aromatic N) is 1. The largest absolute Gasteiger partial charge is 0.378 e. The number of thiophene rings is 1. The van der Waals surface area contributed by atoms with Crippen LogP contribution in [-0.4, -0.2) is 32.2 Å². The van der Waals surface area contributed by atoms with Crippen molar-refractivity contribution in [3.05, 3.63) is 50.6 Å². The number of nitrogens with one attached hydrogen (secondary N) is 1. The molecule has 2 aromatic rings. The first kappa shape index (κ1) is 16.5. The zero-order valence-electron chi connectivity index (χ0n) is 12.9. The lowest BCUT2D eigenvalue weighted by Gasteiger charge is -2.29. The second-order valence-corrected chi connectivity index (χ2v) is 7.95. The first-order chi connectivity index (χ1) is 11.1. The van der Waals surface area contributed by atoms with E-state index in [4.69, 9.17) is 4.74 Å². The van der Waals surface area contributed by atoms with E-state index in [1.165, 1.54) is 17.0 Å². The van der Waals surface area contributed by atoms with Crippen molar-refractivity contribution in [1.82, 2.24) is 5.32 Å². The number of anilines is 1. The maximum atomic E-state index is 12.2. The molecule has 1 unspecified atom stereocenters. The van der Waals surface area contributed by atoms with Gasteiger partial charge in [-0.1, -0.05) is 12.1 Å². The van der Waals surface area contributed by atoms with Gasteiger partial charge in [0.25, 0.3) is 5.91 Å². The topological polar surface area (TPSA) is 41.6 Å². The van der Waals surface area contributed by atoms with Gasteiger partial charge in [-0.25, -0.2) is 0 Å². The third-order valence-electron chi connectivity index (χ3n) is 3.91. The van der Waals surface area contributed by atoms with Gasteiger partial charge in [-0.15, -0.1) is 11.3 Å². The van der Waals surface area contributed by atoms with E-state index in [-0.39, 0.29) is 11.9 Å². The van der Waals surface area contributed by atoms with Crippen molar-refractivity contribution < 1.29 is 9.53 Å². The predicted octanol–water partition coefficient (Wildman–Crippen LogP) is 3.84. The molecule has 122 valence electrons. The summed E-state index contributed by atoms with van der Waals surface area (Å²) in [6, 6.07) is 12.1. The minimum atomic E-state index is -0.0366. The zero-order chi connectivity index (χ0) is 16.2. The van der Waals surface area contributed by atoms with Crippen molar-refractivity contribution in [3.8, 4) is 0 Å². The van der Waals surface area contributed by atoms with Crippen LogP contribution in [0.2, 0.25) is 0 Å². The fourth-order valence-electron chi connectivity index (χ4n) is 2.58. The lowest BCUT2D eigenvalue weighted by molar-refractivity contribution is 0.0944. The van der Waals surface area contributed by atoms with Gasteiger partial charge in [0.1, 0.15) is 0 Å². The second-order valence-electron chi connectivity index (χ2n) is 5.49. The van der Waals surface area contributed by atoms with Gasteiger partial charge in [0, 0.05) is 18.8 Å². The number of benzene rings is 1. The standard InChI is InChI=1S/C17H19BrN2O2S/c1-12(19-17(21)15-6-7-16(18)23-15)13-2-4-14(5-3-13)20-8-10-22-11-9-20/h2-7,12H,8-11H2,1H3,(H,19,21). The average molecular weight is 395 g/mol. The van der Waals surface area contributed by atoms with Gasteiger partial charge in [-0.05, 0) is 52.7 Å². The third-order valence-corrected chi connectivity index (χ3v) is 5.54. The SMILES string of the molecule is CC(NC(=O)c1ccc(Br)s1)c1ccc(N2CCOCC2)cc1. The quantitative estimate of drug-likeness (QED) is 0.856. The van der Waals surface area contributed by atoms with Crippen LogP contribution >= 0.6 is 27.3 Å². The molecule has 1 amide bonds. The van der Waals surface area contributed by atoms with Crippen molar-refractivity contribution in [2.75, 3.05) is 31.2 Å². The van der Waals surface area contributed by atoms with Gasteiger partial charge in [0.2, 0.25) is 0 Å². The molecule has 0 spiro atoms. The van der Waals surface area contributed by atoms with E-state index >= 15 is 0 Å². The van der Waals surface area contributed by atoms with Crippen molar-refractivity contribution >= 4 is 38.9 Å². The van der Waals surface area contributed by atoms with Crippen LogP contribution < -0.4 is 10.2 Å². The molecular weight excluding hydrogens is 376 g/mol. The van der Waals surface area contributed by atoms with E-state index in [2.05, 4.69) is 50.4 Å². The summed E-state index contributed by atoms with van der Waals surface area (Å²) in [6.45, 7) is 5.43. The average Bonchev–Trinajstić information content (AvgIpc) is 3.02. The first-order valence-electron chi connectivity index (χ1n) is 7.62. The highest BCUT2D eigenvalue weighted by molar-refractivity contribution is 9.11. The number of amides is 1. The number of morpholine rings is 1. The van der Waals surface area contributed by atoms with Gasteiger partial charge in [-0.2, -0.15) is 0 Å². The Kier molecular flexibility index (Phi) is 5.35. The summed E-state index contributed by atoms with van der Waals surface area (Å²) in [5, 5.41) is 3.04. The third kappa shape index (κ3) is 4.13. The van der Waals surface area contributed by atoms with Gasteiger partial charge >= 0.3 is 0 Å². The molecule has 2 heterocycles. The summed E-state index contributed by atoms with van der Waals surface area (Å²) in [7, 11) is 0. The van der Waals surface area contributed by atoms with Gasteiger partial charge in [-0.3, -0.25) is 4.79 Å². The van der Waals surface area contributed by atoms with Crippen LogP contribution in [-0.2, 0) is 4.74 Å². The van der Waals surface area contributed by atoms with Crippen molar-refractivity contribution in [2.45, 2.75) is 13.0 Å². The van der Waals surface area contributed by atoms with Crippen LogP contribution in [0.25, 0.3) is 0 Å². The molecule has 23 heavy (non-hydrogen) atoms. The lowest BCUT2D eigenvalue weighted by Crippen LogP contribution is -2.36. The highest BCUT2D eigenvalue weighted by atomic mass is 79.9. The van der Waals surface area contributed by atoms with Crippen molar-refractivity contribution in [2.24, 2.45) is 0 Å². The van der Waals surface area contributed by atoms with Gasteiger partial charge in [0.05, 0.1) is 27.9 Å². The summed E-state index contributed by atoms with van der Waals surface area (Å²) in [5.41, 5.74) is 2.31. The number of carbonyl (C=O) groups is 1.